The van der Waals surface area contributed by atoms with Crippen molar-refractivity contribution in [2.24, 2.45) is 5.73 Å². The van der Waals surface area contributed by atoms with Crippen LogP contribution in [0.25, 0.3) is 0 Å². The fourth-order valence-corrected chi connectivity index (χ4v) is 1.30. The van der Waals surface area contributed by atoms with Crippen molar-refractivity contribution in [3.8, 4) is 0 Å². The van der Waals surface area contributed by atoms with Gasteiger partial charge in [0.1, 0.15) is 6.04 Å². The van der Waals surface area contributed by atoms with Crippen molar-refractivity contribution in [2.75, 3.05) is 0 Å². The first-order valence-electron chi connectivity index (χ1n) is 3.74. The van der Waals surface area contributed by atoms with E-state index < -0.39 is 0 Å². The molecular formula is C7H11ClN4O. The highest BCUT2D eigenvalue weighted by molar-refractivity contribution is 5.85. The molecule has 0 radical (unpaired) electrons. The normalized spacial score (nSPS) is 24.2. The minimum atomic E-state index is -0.321. The smallest absolute Gasteiger partial charge is 0.236 e. The van der Waals surface area contributed by atoms with Crippen molar-refractivity contribution in [3.05, 3.63) is 24.3 Å². The number of hydrazine groups is 1. The topological polar surface area (TPSA) is 70.4 Å². The number of halogens is 1. The number of rotatable bonds is 1. The number of carbonyl (C=O) groups excluding carboxylic acids is 1. The third kappa shape index (κ3) is 1.76. The van der Waals surface area contributed by atoms with Crippen molar-refractivity contribution >= 4 is 18.3 Å². The van der Waals surface area contributed by atoms with E-state index in [0.29, 0.717) is 6.42 Å². The molecule has 0 aromatic heterocycles. The van der Waals surface area contributed by atoms with Gasteiger partial charge in [-0.15, -0.1) is 12.4 Å². The van der Waals surface area contributed by atoms with Crippen LogP contribution in [0.4, 0.5) is 0 Å². The second-order valence-corrected chi connectivity index (χ2v) is 2.78. The van der Waals surface area contributed by atoms with Crippen LogP contribution in [-0.2, 0) is 4.79 Å². The van der Waals surface area contributed by atoms with Gasteiger partial charge in [-0.2, -0.15) is 0 Å². The van der Waals surface area contributed by atoms with E-state index in [9.17, 15) is 4.79 Å². The van der Waals surface area contributed by atoms with Crippen LogP contribution in [0.5, 0.6) is 0 Å². The van der Waals surface area contributed by atoms with Gasteiger partial charge >= 0.3 is 0 Å². The first-order chi connectivity index (χ1) is 5.77. The summed E-state index contributed by atoms with van der Waals surface area (Å²) in [6.45, 7) is 0. The van der Waals surface area contributed by atoms with Crippen molar-refractivity contribution in [1.82, 2.24) is 15.8 Å². The molecule has 0 aromatic rings. The van der Waals surface area contributed by atoms with Gasteiger partial charge in [0, 0.05) is 25.0 Å². The molecular weight excluding hydrogens is 192 g/mol. The van der Waals surface area contributed by atoms with Crippen molar-refractivity contribution in [3.63, 3.8) is 0 Å². The molecule has 2 aliphatic heterocycles. The molecule has 1 atom stereocenters. The minimum absolute atomic E-state index is 0. The molecule has 4 N–H and O–H groups in total. The maximum Gasteiger partial charge on any atom is 0.236 e. The van der Waals surface area contributed by atoms with Crippen molar-refractivity contribution in [1.29, 1.82) is 0 Å². The Morgan fingerprint density at radius 2 is 2.46 bits per heavy atom. The second kappa shape index (κ2) is 3.68. The van der Waals surface area contributed by atoms with Crippen LogP contribution in [0.2, 0.25) is 0 Å². The number of amides is 1. The Bertz CT molecular complexity index is 276. The van der Waals surface area contributed by atoms with Gasteiger partial charge in [-0.05, 0) is 0 Å². The van der Waals surface area contributed by atoms with Gasteiger partial charge < -0.3 is 11.1 Å². The summed E-state index contributed by atoms with van der Waals surface area (Å²) in [5.74, 6) is -0.321. The van der Waals surface area contributed by atoms with Gasteiger partial charge in [0.15, 0.2) is 0 Å². The van der Waals surface area contributed by atoms with Crippen LogP contribution in [-0.4, -0.2) is 17.0 Å². The van der Waals surface area contributed by atoms with Gasteiger partial charge in [-0.1, -0.05) is 0 Å². The van der Waals surface area contributed by atoms with E-state index in [1.165, 1.54) is 0 Å². The molecule has 0 aliphatic carbocycles. The highest BCUT2D eigenvalue weighted by atomic mass is 35.5. The summed E-state index contributed by atoms with van der Waals surface area (Å²) < 4.78 is 0. The molecule has 0 spiro atoms. The van der Waals surface area contributed by atoms with Crippen LogP contribution in [0.3, 0.4) is 0 Å². The van der Waals surface area contributed by atoms with Gasteiger partial charge in [0.25, 0.3) is 0 Å². The number of fused-ring (bicyclic) bond motifs is 1. The van der Waals surface area contributed by atoms with Crippen LogP contribution in [0.15, 0.2) is 24.3 Å². The molecule has 1 saturated heterocycles. The largest absolute Gasteiger partial charge is 0.368 e. The Labute approximate surface area is 82.0 Å². The molecule has 1 fully saturated rings. The standard InChI is InChI=1S/C7H10N4O.ClH/c8-7(12)6-3-5-4-9-1-2-11(5)10-6;/h1-2,4,6,9-10H,3H2,(H2,8,12);1H. The molecule has 1 unspecified atom stereocenters. The number of nitrogens with zero attached hydrogens (tertiary/aromatic N) is 1. The SMILES string of the molecule is Cl.NC(=O)C1CC2=CNC=CN2N1. The Balaban J connectivity index is 0.000000845. The van der Waals surface area contributed by atoms with Crippen LogP contribution >= 0.6 is 12.4 Å². The van der Waals surface area contributed by atoms with E-state index in [-0.39, 0.29) is 24.4 Å². The lowest BCUT2D eigenvalue weighted by Gasteiger charge is -2.17. The number of primary amides is 1. The van der Waals surface area contributed by atoms with Crippen LogP contribution in [0.1, 0.15) is 6.42 Å². The first-order valence-corrected chi connectivity index (χ1v) is 3.74. The van der Waals surface area contributed by atoms with Gasteiger partial charge in [-0.25, -0.2) is 5.43 Å². The van der Waals surface area contributed by atoms with E-state index in [1.807, 2.05) is 12.4 Å². The summed E-state index contributed by atoms with van der Waals surface area (Å²) in [5.41, 5.74) is 9.14. The van der Waals surface area contributed by atoms with Crippen molar-refractivity contribution in [2.45, 2.75) is 12.5 Å². The summed E-state index contributed by atoms with van der Waals surface area (Å²) in [5, 5.41) is 4.74. The maximum atomic E-state index is 10.8. The minimum Gasteiger partial charge on any atom is -0.368 e. The Kier molecular flexibility index (Phi) is 2.79. The van der Waals surface area contributed by atoms with Gasteiger partial charge in [-0.3, -0.25) is 9.80 Å². The van der Waals surface area contributed by atoms with E-state index in [4.69, 9.17) is 5.73 Å². The highest BCUT2D eigenvalue weighted by Crippen LogP contribution is 2.19. The third-order valence-corrected chi connectivity index (χ3v) is 1.93. The lowest BCUT2D eigenvalue weighted by molar-refractivity contribution is -0.120. The molecule has 2 rings (SSSR count). The molecule has 0 bridgehead atoms. The summed E-state index contributed by atoms with van der Waals surface area (Å²) in [7, 11) is 0. The van der Waals surface area contributed by atoms with Gasteiger partial charge in [0.05, 0.1) is 5.70 Å². The predicted molar refractivity (Wildman–Crippen MR) is 50.2 cm³/mol. The molecule has 2 heterocycles. The Morgan fingerprint density at radius 1 is 1.69 bits per heavy atom. The third-order valence-electron chi connectivity index (χ3n) is 1.93. The predicted octanol–water partition coefficient (Wildman–Crippen LogP) is -0.612. The Morgan fingerprint density at radius 3 is 3.08 bits per heavy atom. The quantitative estimate of drug-likeness (QED) is 0.531. The molecule has 0 saturated carbocycles. The van der Waals surface area contributed by atoms with Crippen molar-refractivity contribution < 1.29 is 4.79 Å². The number of hydrogen-bond acceptors (Lipinski definition) is 4. The molecule has 0 aromatic carbocycles. The zero-order valence-electron chi connectivity index (χ0n) is 6.86. The Hall–Kier alpha value is -1.20. The average molecular weight is 203 g/mol. The molecule has 1 amide bonds. The monoisotopic (exact) mass is 202 g/mol. The van der Waals surface area contributed by atoms with E-state index in [0.717, 1.165) is 5.70 Å². The first kappa shape index (κ1) is 9.88. The summed E-state index contributed by atoms with van der Waals surface area (Å²) in [4.78, 5) is 10.8. The van der Waals surface area contributed by atoms with E-state index in [1.54, 1.807) is 11.2 Å². The number of nitrogens with two attached hydrogens (primary N) is 1. The fourth-order valence-electron chi connectivity index (χ4n) is 1.30. The highest BCUT2D eigenvalue weighted by Gasteiger charge is 2.29. The fraction of sp³-hybridized carbons (Fsp3) is 0.286. The summed E-state index contributed by atoms with van der Waals surface area (Å²) >= 11 is 0. The van der Waals surface area contributed by atoms with Gasteiger partial charge in [0.2, 0.25) is 5.91 Å². The molecule has 5 nitrogen and oxygen atoms in total. The molecule has 2 aliphatic rings. The molecule has 6 heteroatoms. The zero-order valence-corrected chi connectivity index (χ0v) is 7.67. The zero-order chi connectivity index (χ0) is 8.55. The number of hydrogen-bond donors (Lipinski definition) is 3. The van der Waals surface area contributed by atoms with E-state index in [2.05, 4.69) is 10.7 Å². The molecule has 13 heavy (non-hydrogen) atoms. The van der Waals surface area contributed by atoms with E-state index >= 15 is 0 Å². The number of carbonyl (C=O) groups is 1. The molecule has 72 valence electrons. The summed E-state index contributed by atoms with van der Waals surface area (Å²) in [6.07, 6.45) is 6.08. The van der Waals surface area contributed by atoms with Crippen LogP contribution in [0, 0.1) is 0 Å². The lowest BCUT2D eigenvalue weighted by Crippen LogP contribution is -2.40. The van der Waals surface area contributed by atoms with Crippen LogP contribution < -0.4 is 16.5 Å². The lowest BCUT2D eigenvalue weighted by atomic mass is 10.2. The number of nitrogens with one attached hydrogen (secondary N) is 2. The maximum absolute atomic E-state index is 10.8. The second-order valence-electron chi connectivity index (χ2n) is 2.78. The summed E-state index contributed by atoms with van der Waals surface area (Å²) in [6, 6.07) is -0.277. The average Bonchev–Trinajstić information content (AvgIpc) is 2.46.